The van der Waals surface area contributed by atoms with Crippen molar-refractivity contribution in [3.8, 4) is 5.75 Å². The fourth-order valence-corrected chi connectivity index (χ4v) is 2.86. The van der Waals surface area contributed by atoms with Crippen molar-refractivity contribution in [1.29, 1.82) is 0 Å². The molecular formula is C18H22LiO3P. The van der Waals surface area contributed by atoms with E-state index in [1.54, 1.807) is 0 Å². The molecule has 118 valence electrons. The summed E-state index contributed by atoms with van der Waals surface area (Å²) in [4.78, 5) is 12.3. The number of carbonyl (C=O) groups excluding carboxylic acids is 1. The first-order chi connectivity index (χ1) is 10.6. The number of benzene rings is 2. The van der Waals surface area contributed by atoms with Crippen molar-refractivity contribution in [2.45, 2.75) is 20.8 Å². The van der Waals surface area contributed by atoms with E-state index in [2.05, 4.69) is 0 Å². The molecule has 0 radical (unpaired) electrons. The van der Waals surface area contributed by atoms with Crippen molar-refractivity contribution in [2.75, 3.05) is 13.2 Å². The van der Waals surface area contributed by atoms with Crippen LogP contribution in [0.25, 0.3) is 0 Å². The van der Waals surface area contributed by atoms with Gasteiger partial charge < -0.3 is 9.26 Å². The summed E-state index contributed by atoms with van der Waals surface area (Å²) in [5.74, 6) is 0.709. The predicted molar refractivity (Wildman–Crippen MR) is 98.9 cm³/mol. The first kappa shape index (κ1) is 19.9. The third-order valence-corrected chi connectivity index (χ3v) is 4.32. The zero-order valence-electron chi connectivity index (χ0n) is 13.2. The van der Waals surface area contributed by atoms with Crippen LogP contribution in [0.15, 0.2) is 42.5 Å². The molecule has 0 fully saturated rings. The third kappa shape index (κ3) is 5.79. The second kappa shape index (κ2) is 9.91. The van der Waals surface area contributed by atoms with E-state index in [0.29, 0.717) is 21.2 Å². The van der Waals surface area contributed by atoms with Gasteiger partial charge >= 0.3 is 18.9 Å². The number of Topliss-reactive ketones (excluding diaryl/α,β-unsaturated/α-hetero) is 1. The molecule has 1 atom stereocenters. The predicted octanol–water partition coefficient (Wildman–Crippen LogP) is 3.17. The van der Waals surface area contributed by atoms with E-state index in [1.165, 1.54) is 0 Å². The Morgan fingerprint density at radius 2 is 1.65 bits per heavy atom. The molecule has 0 amide bonds. The topological polar surface area (TPSA) is 35.5 Å². The second-order valence-electron chi connectivity index (χ2n) is 5.04. The van der Waals surface area contributed by atoms with Crippen LogP contribution in [0.3, 0.4) is 0 Å². The molecule has 2 rings (SSSR count). The number of ketones is 1. The molecule has 2 aromatic rings. The Morgan fingerprint density at radius 1 is 1.04 bits per heavy atom. The summed E-state index contributed by atoms with van der Waals surface area (Å²) in [7, 11) is 0.350. The van der Waals surface area contributed by atoms with E-state index in [4.69, 9.17) is 9.26 Å². The van der Waals surface area contributed by atoms with Crippen molar-refractivity contribution < 1.29 is 14.1 Å². The molecule has 0 N–H and O–H groups in total. The number of hydrogen-bond donors (Lipinski definition) is 0. The van der Waals surface area contributed by atoms with Crippen LogP contribution in [-0.2, 0) is 4.52 Å². The summed E-state index contributed by atoms with van der Waals surface area (Å²) < 4.78 is 11.0. The van der Waals surface area contributed by atoms with Gasteiger partial charge in [0.15, 0.2) is 6.61 Å². The quantitative estimate of drug-likeness (QED) is 0.446. The van der Waals surface area contributed by atoms with Crippen LogP contribution < -0.4 is 10.0 Å². The summed E-state index contributed by atoms with van der Waals surface area (Å²) >= 11 is 0. The van der Waals surface area contributed by atoms with Gasteiger partial charge in [-0.15, -0.1) is 0 Å². The Hall–Kier alpha value is -1.10. The molecule has 0 saturated carbocycles. The Morgan fingerprint density at radius 3 is 2.22 bits per heavy atom. The molecule has 0 aliphatic heterocycles. The molecule has 0 heterocycles. The fraction of sp³-hybridized carbons (Fsp3) is 0.278. The van der Waals surface area contributed by atoms with Crippen molar-refractivity contribution in [3.63, 3.8) is 0 Å². The number of hydrogen-bond acceptors (Lipinski definition) is 3. The Bertz CT molecular complexity index is 621. The first-order valence-electron chi connectivity index (χ1n) is 7.32. The van der Waals surface area contributed by atoms with Crippen LogP contribution in [-0.4, -0.2) is 37.9 Å². The minimum atomic E-state index is 0. The minimum absolute atomic E-state index is 0. The summed E-state index contributed by atoms with van der Waals surface area (Å²) in [6.45, 7) is 6.64. The SMILES string of the molecule is CCOPc1ccc(OCC(=O)c2c(C)cccc2C)cc1.[LiH]. The molecule has 23 heavy (non-hydrogen) atoms. The van der Waals surface area contributed by atoms with Crippen molar-refractivity contribution >= 4 is 38.8 Å². The molecule has 5 heteroatoms. The van der Waals surface area contributed by atoms with Crippen molar-refractivity contribution in [3.05, 3.63) is 59.2 Å². The van der Waals surface area contributed by atoms with Gasteiger partial charge in [-0.3, -0.25) is 4.79 Å². The van der Waals surface area contributed by atoms with Gasteiger partial charge in [0.25, 0.3) is 0 Å². The maximum absolute atomic E-state index is 12.3. The molecule has 0 bridgehead atoms. The van der Waals surface area contributed by atoms with Crippen LogP contribution in [0.5, 0.6) is 5.75 Å². The number of rotatable bonds is 7. The second-order valence-corrected chi connectivity index (χ2v) is 6.11. The number of ether oxygens (including phenoxy) is 1. The van der Waals surface area contributed by atoms with Crippen LogP contribution in [0.1, 0.15) is 28.4 Å². The van der Waals surface area contributed by atoms with Gasteiger partial charge in [0.1, 0.15) is 5.75 Å². The van der Waals surface area contributed by atoms with Crippen LogP contribution in [0.4, 0.5) is 0 Å². The van der Waals surface area contributed by atoms with Gasteiger partial charge in [-0.2, -0.15) is 0 Å². The van der Waals surface area contributed by atoms with Gasteiger partial charge in [0, 0.05) is 21.0 Å². The Labute approximate surface area is 151 Å². The number of carbonyl (C=O) groups is 1. The molecule has 2 aromatic carbocycles. The Kier molecular flexibility index (Phi) is 8.59. The van der Waals surface area contributed by atoms with E-state index in [1.807, 2.05) is 63.2 Å². The average molecular weight is 324 g/mol. The molecule has 0 aliphatic rings. The number of aryl methyl sites for hydroxylation is 2. The normalized spacial score (nSPS) is 10.6. The molecular weight excluding hydrogens is 302 g/mol. The zero-order chi connectivity index (χ0) is 15.9. The van der Waals surface area contributed by atoms with E-state index in [0.717, 1.165) is 22.0 Å². The van der Waals surface area contributed by atoms with E-state index < -0.39 is 0 Å². The molecule has 1 unspecified atom stereocenters. The first-order valence-corrected chi connectivity index (χ1v) is 8.22. The van der Waals surface area contributed by atoms with Gasteiger partial charge in [0.05, 0.1) is 0 Å². The van der Waals surface area contributed by atoms with Crippen LogP contribution in [0.2, 0.25) is 0 Å². The van der Waals surface area contributed by atoms with Gasteiger partial charge in [-0.05, 0) is 61.5 Å². The monoisotopic (exact) mass is 324 g/mol. The summed E-state index contributed by atoms with van der Waals surface area (Å²) in [5.41, 5.74) is 2.74. The Balaban J connectivity index is 0.00000264. The molecule has 0 aromatic heterocycles. The van der Waals surface area contributed by atoms with Gasteiger partial charge in [-0.1, -0.05) is 18.2 Å². The van der Waals surface area contributed by atoms with E-state index in [-0.39, 0.29) is 31.3 Å². The maximum atomic E-state index is 12.3. The summed E-state index contributed by atoms with van der Waals surface area (Å²) in [5, 5.41) is 1.12. The van der Waals surface area contributed by atoms with Crippen molar-refractivity contribution in [1.82, 2.24) is 0 Å². The van der Waals surface area contributed by atoms with E-state index in [9.17, 15) is 4.79 Å². The standard InChI is InChI=1S/C18H21O3P.Li.H/c1-4-21-22-16-10-8-15(9-11-16)20-12-17(19)18-13(2)6-5-7-14(18)3;;/h5-11,22H,4,12H2,1-3H3;;. The molecule has 0 saturated heterocycles. The van der Waals surface area contributed by atoms with Crippen LogP contribution >= 0.6 is 8.81 Å². The molecule has 3 nitrogen and oxygen atoms in total. The fourth-order valence-electron chi connectivity index (χ4n) is 2.25. The van der Waals surface area contributed by atoms with Crippen molar-refractivity contribution in [2.24, 2.45) is 0 Å². The molecule has 0 spiro atoms. The zero-order valence-corrected chi connectivity index (χ0v) is 14.2. The summed E-state index contributed by atoms with van der Waals surface area (Å²) in [6, 6.07) is 13.5. The summed E-state index contributed by atoms with van der Waals surface area (Å²) in [6.07, 6.45) is 0. The van der Waals surface area contributed by atoms with Gasteiger partial charge in [-0.25, -0.2) is 0 Å². The average Bonchev–Trinajstić information content (AvgIpc) is 2.51. The van der Waals surface area contributed by atoms with Crippen LogP contribution in [0, 0.1) is 13.8 Å². The van der Waals surface area contributed by atoms with E-state index >= 15 is 0 Å². The van der Waals surface area contributed by atoms with Gasteiger partial charge in [0.2, 0.25) is 5.78 Å². The molecule has 0 aliphatic carbocycles. The third-order valence-electron chi connectivity index (χ3n) is 3.32.